The van der Waals surface area contributed by atoms with Crippen LogP contribution in [-0.4, -0.2) is 33.1 Å². The summed E-state index contributed by atoms with van der Waals surface area (Å²) in [4.78, 5) is 22.8. The number of aryl methyl sites for hydroxylation is 1. The minimum atomic E-state index is -0.0478. The zero-order chi connectivity index (χ0) is 16.2. The molecular weight excluding hydrogens is 310 g/mol. The van der Waals surface area contributed by atoms with Crippen LogP contribution in [0.4, 0.5) is 0 Å². The quantitative estimate of drug-likeness (QED) is 0.844. The molecule has 1 aliphatic rings. The molecule has 1 unspecified atom stereocenters. The zero-order valence-corrected chi connectivity index (χ0v) is 14.0. The van der Waals surface area contributed by atoms with Crippen molar-refractivity contribution in [1.82, 2.24) is 14.9 Å². The number of nitrogens with zero attached hydrogens (tertiary/aromatic N) is 3. The fourth-order valence-corrected chi connectivity index (χ4v) is 3.74. The third kappa shape index (κ3) is 3.47. The van der Waals surface area contributed by atoms with Gasteiger partial charge in [0.05, 0.1) is 36.5 Å². The maximum Gasteiger partial charge on any atom is 0.234 e. The number of aromatic nitrogens is 2. The van der Waals surface area contributed by atoms with Crippen molar-refractivity contribution in [2.45, 2.75) is 25.8 Å². The van der Waals surface area contributed by atoms with Crippen molar-refractivity contribution >= 4 is 17.7 Å². The number of para-hydroxylation sites is 1. The zero-order valence-electron chi connectivity index (χ0n) is 13.2. The van der Waals surface area contributed by atoms with Crippen molar-refractivity contribution < 1.29 is 9.53 Å². The summed E-state index contributed by atoms with van der Waals surface area (Å²) in [6.07, 6.45) is 3.46. The summed E-state index contributed by atoms with van der Waals surface area (Å²) in [5.41, 5.74) is 2.70. The van der Waals surface area contributed by atoms with Crippen LogP contribution in [0.3, 0.4) is 0 Å². The summed E-state index contributed by atoms with van der Waals surface area (Å²) in [6.45, 7) is 4.92. The number of hydrogen-bond acceptors (Lipinski definition) is 5. The number of carbonyl (C=O) groups excluding carboxylic acids is 1. The molecule has 0 bridgehead atoms. The van der Waals surface area contributed by atoms with Crippen molar-refractivity contribution in [2.75, 3.05) is 12.4 Å². The van der Waals surface area contributed by atoms with Gasteiger partial charge in [0.1, 0.15) is 11.1 Å². The Bertz CT molecular complexity index is 690. The minimum absolute atomic E-state index is 0.0478. The highest BCUT2D eigenvalue weighted by molar-refractivity contribution is 8.00. The van der Waals surface area contributed by atoms with Crippen molar-refractivity contribution in [3.05, 3.63) is 53.6 Å². The highest BCUT2D eigenvalue weighted by atomic mass is 32.2. The summed E-state index contributed by atoms with van der Waals surface area (Å²) in [7, 11) is 0. The molecule has 3 rings (SSSR count). The second-order valence-corrected chi connectivity index (χ2v) is 6.37. The Morgan fingerprint density at radius 3 is 2.87 bits per heavy atom. The highest BCUT2D eigenvalue weighted by Gasteiger charge is 2.34. The van der Waals surface area contributed by atoms with E-state index in [9.17, 15) is 4.79 Å². The average molecular weight is 329 g/mol. The number of carbonyl (C=O) groups is 1. The lowest BCUT2D eigenvalue weighted by molar-refractivity contribution is -0.128. The normalized spacial score (nSPS) is 17.6. The van der Waals surface area contributed by atoms with Gasteiger partial charge in [-0.1, -0.05) is 18.2 Å². The van der Waals surface area contributed by atoms with Crippen molar-refractivity contribution in [2.24, 2.45) is 0 Å². The van der Waals surface area contributed by atoms with E-state index in [0.29, 0.717) is 18.9 Å². The van der Waals surface area contributed by atoms with Gasteiger partial charge in [-0.15, -0.1) is 11.8 Å². The summed E-state index contributed by atoms with van der Waals surface area (Å²) in [6, 6.07) is 7.90. The lowest BCUT2D eigenvalue weighted by atomic mass is 10.1. The van der Waals surface area contributed by atoms with Crippen molar-refractivity contribution in [3.8, 4) is 5.75 Å². The van der Waals surface area contributed by atoms with Crippen LogP contribution in [0.15, 0.2) is 36.7 Å². The maximum atomic E-state index is 12.3. The van der Waals surface area contributed by atoms with Gasteiger partial charge >= 0.3 is 0 Å². The van der Waals surface area contributed by atoms with Crippen LogP contribution in [0.2, 0.25) is 0 Å². The van der Waals surface area contributed by atoms with E-state index >= 15 is 0 Å². The molecule has 0 N–H and O–H groups in total. The van der Waals surface area contributed by atoms with Gasteiger partial charge in [-0.05, 0) is 19.9 Å². The molecule has 2 heterocycles. The van der Waals surface area contributed by atoms with E-state index in [2.05, 4.69) is 9.97 Å². The molecule has 1 aromatic heterocycles. The molecule has 1 atom stereocenters. The van der Waals surface area contributed by atoms with Gasteiger partial charge in [0.15, 0.2) is 0 Å². The van der Waals surface area contributed by atoms with Gasteiger partial charge in [0.25, 0.3) is 0 Å². The molecule has 6 heteroatoms. The third-order valence-electron chi connectivity index (χ3n) is 3.62. The predicted molar refractivity (Wildman–Crippen MR) is 90.1 cm³/mol. The molecule has 2 aromatic rings. The first-order chi connectivity index (χ1) is 11.2. The summed E-state index contributed by atoms with van der Waals surface area (Å²) < 4.78 is 5.72. The molecule has 1 aliphatic heterocycles. The third-order valence-corrected chi connectivity index (χ3v) is 4.86. The van der Waals surface area contributed by atoms with Crippen LogP contribution < -0.4 is 4.74 Å². The standard InChI is InChI=1S/C17H19N3O2S/c1-3-22-15-7-5-4-6-14(15)17-20(16(21)11-23-17)10-13-9-18-12(2)8-19-13/h4-9,17H,3,10-11H2,1-2H3. The maximum absolute atomic E-state index is 12.3. The van der Waals surface area contributed by atoms with E-state index in [-0.39, 0.29) is 11.3 Å². The molecule has 0 saturated carbocycles. The van der Waals surface area contributed by atoms with Gasteiger partial charge in [-0.3, -0.25) is 14.8 Å². The SMILES string of the molecule is CCOc1ccccc1C1SCC(=O)N1Cc1cnc(C)cn1. The van der Waals surface area contributed by atoms with Crippen LogP contribution >= 0.6 is 11.8 Å². The second kappa shape index (κ2) is 7.00. The number of thioether (sulfide) groups is 1. The molecule has 1 fully saturated rings. The van der Waals surface area contributed by atoms with Crippen LogP contribution in [0.1, 0.15) is 29.2 Å². The first-order valence-electron chi connectivity index (χ1n) is 7.59. The van der Waals surface area contributed by atoms with Crippen LogP contribution in [0, 0.1) is 6.92 Å². The Morgan fingerprint density at radius 2 is 2.13 bits per heavy atom. The van der Waals surface area contributed by atoms with E-state index in [4.69, 9.17) is 4.74 Å². The Balaban J connectivity index is 1.86. The Kier molecular flexibility index (Phi) is 4.81. The summed E-state index contributed by atoms with van der Waals surface area (Å²) in [5.74, 6) is 1.43. The molecule has 120 valence electrons. The first-order valence-corrected chi connectivity index (χ1v) is 8.64. The van der Waals surface area contributed by atoms with Gasteiger partial charge in [-0.25, -0.2) is 0 Å². The summed E-state index contributed by atoms with van der Waals surface area (Å²) >= 11 is 1.62. The second-order valence-electron chi connectivity index (χ2n) is 5.30. The average Bonchev–Trinajstić information content (AvgIpc) is 2.91. The van der Waals surface area contributed by atoms with Gasteiger partial charge in [0.2, 0.25) is 5.91 Å². The van der Waals surface area contributed by atoms with Crippen LogP contribution in [0.5, 0.6) is 5.75 Å². The topological polar surface area (TPSA) is 55.3 Å². The lowest BCUT2D eigenvalue weighted by Crippen LogP contribution is -2.28. The highest BCUT2D eigenvalue weighted by Crippen LogP contribution is 2.42. The number of ether oxygens (including phenoxy) is 1. The molecule has 1 amide bonds. The fourth-order valence-electron chi connectivity index (χ4n) is 2.53. The van der Waals surface area contributed by atoms with Gasteiger partial charge in [-0.2, -0.15) is 0 Å². The monoisotopic (exact) mass is 329 g/mol. The molecule has 1 aromatic carbocycles. The van der Waals surface area contributed by atoms with Crippen LogP contribution in [-0.2, 0) is 11.3 Å². The number of amides is 1. The Labute approximate surface area is 140 Å². The van der Waals surface area contributed by atoms with E-state index in [0.717, 1.165) is 22.7 Å². The smallest absolute Gasteiger partial charge is 0.234 e. The van der Waals surface area contributed by atoms with E-state index in [1.807, 2.05) is 43.0 Å². The molecule has 23 heavy (non-hydrogen) atoms. The molecule has 0 radical (unpaired) electrons. The van der Waals surface area contributed by atoms with Crippen molar-refractivity contribution in [3.63, 3.8) is 0 Å². The molecule has 0 spiro atoms. The lowest BCUT2D eigenvalue weighted by Gasteiger charge is -2.25. The Morgan fingerprint density at radius 1 is 1.30 bits per heavy atom. The van der Waals surface area contributed by atoms with Gasteiger partial charge < -0.3 is 9.64 Å². The van der Waals surface area contributed by atoms with E-state index in [1.165, 1.54) is 0 Å². The fraction of sp³-hybridized carbons (Fsp3) is 0.353. The number of hydrogen-bond donors (Lipinski definition) is 0. The number of rotatable bonds is 5. The first kappa shape index (κ1) is 15.8. The molecule has 1 saturated heterocycles. The van der Waals surface area contributed by atoms with Gasteiger partial charge in [0, 0.05) is 11.8 Å². The summed E-state index contributed by atoms with van der Waals surface area (Å²) in [5, 5.41) is -0.0478. The minimum Gasteiger partial charge on any atom is -0.493 e. The number of benzene rings is 1. The molecule has 5 nitrogen and oxygen atoms in total. The van der Waals surface area contributed by atoms with E-state index < -0.39 is 0 Å². The Hall–Kier alpha value is -2.08. The molecule has 0 aliphatic carbocycles. The van der Waals surface area contributed by atoms with Crippen molar-refractivity contribution in [1.29, 1.82) is 0 Å². The van der Waals surface area contributed by atoms with Crippen LogP contribution in [0.25, 0.3) is 0 Å². The predicted octanol–water partition coefficient (Wildman–Crippen LogP) is 2.96. The largest absolute Gasteiger partial charge is 0.493 e. The van der Waals surface area contributed by atoms with E-state index in [1.54, 1.807) is 24.2 Å². The molecular formula is C17H19N3O2S.